The molecule has 1 heteroatoms. The van der Waals surface area contributed by atoms with E-state index in [1.165, 1.54) is 0 Å². The third kappa shape index (κ3) is 1.35. The van der Waals surface area contributed by atoms with Crippen molar-refractivity contribution in [2.75, 3.05) is 13.2 Å². The second-order valence-corrected chi connectivity index (χ2v) is 4.07. The van der Waals surface area contributed by atoms with Gasteiger partial charge < -0.3 is 4.74 Å². The van der Waals surface area contributed by atoms with Crippen LogP contribution in [0.3, 0.4) is 0 Å². The van der Waals surface area contributed by atoms with E-state index in [4.69, 9.17) is 4.74 Å². The molecule has 0 bridgehead atoms. The van der Waals surface area contributed by atoms with Crippen LogP contribution in [0.15, 0.2) is 24.3 Å². The van der Waals surface area contributed by atoms with Crippen LogP contribution in [0.1, 0.15) is 13.8 Å². The summed E-state index contributed by atoms with van der Waals surface area (Å²) in [6, 6.07) is 0. The van der Waals surface area contributed by atoms with Crippen molar-refractivity contribution in [2.24, 2.45) is 23.7 Å². The summed E-state index contributed by atoms with van der Waals surface area (Å²) in [6.07, 6.45) is 9.05. The minimum Gasteiger partial charge on any atom is -0.381 e. The maximum atomic E-state index is 5.52. The van der Waals surface area contributed by atoms with E-state index in [1.54, 1.807) is 0 Å². The Kier molecular flexibility index (Phi) is 2.54. The highest BCUT2D eigenvalue weighted by Gasteiger charge is 2.50. The summed E-state index contributed by atoms with van der Waals surface area (Å²) < 4.78 is 5.52. The molecule has 0 N–H and O–H groups in total. The maximum absolute atomic E-state index is 5.52. The van der Waals surface area contributed by atoms with Crippen LogP contribution in [-0.4, -0.2) is 13.2 Å². The molecule has 1 aliphatic carbocycles. The molecule has 0 aromatic heterocycles. The van der Waals surface area contributed by atoms with Crippen molar-refractivity contribution >= 4 is 0 Å². The largest absolute Gasteiger partial charge is 0.381 e. The highest BCUT2D eigenvalue weighted by atomic mass is 16.5. The summed E-state index contributed by atoms with van der Waals surface area (Å²) in [4.78, 5) is 0. The number of ether oxygens (including phenoxy) is 1. The Morgan fingerprint density at radius 1 is 0.923 bits per heavy atom. The molecule has 2 rings (SSSR count). The fourth-order valence-corrected chi connectivity index (χ4v) is 2.79. The Hall–Kier alpha value is -0.560. The zero-order valence-corrected chi connectivity index (χ0v) is 8.44. The van der Waals surface area contributed by atoms with Crippen LogP contribution >= 0.6 is 0 Å². The van der Waals surface area contributed by atoms with E-state index < -0.39 is 0 Å². The summed E-state index contributed by atoms with van der Waals surface area (Å²) in [5, 5.41) is 0. The number of hydrogen-bond acceptors (Lipinski definition) is 1. The first-order chi connectivity index (χ1) is 6.38. The molecule has 1 heterocycles. The van der Waals surface area contributed by atoms with Gasteiger partial charge in [0.2, 0.25) is 0 Å². The number of allylic oxidation sites excluding steroid dienone is 4. The van der Waals surface area contributed by atoms with E-state index in [1.807, 2.05) is 0 Å². The molecular weight excluding hydrogens is 160 g/mol. The molecule has 72 valence electrons. The molecule has 0 amide bonds. The van der Waals surface area contributed by atoms with Crippen molar-refractivity contribution in [1.29, 1.82) is 0 Å². The zero-order valence-electron chi connectivity index (χ0n) is 8.44. The van der Waals surface area contributed by atoms with Crippen LogP contribution in [0, 0.1) is 23.7 Å². The molecule has 2 aliphatic rings. The molecule has 1 aliphatic heterocycles. The van der Waals surface area contributed by atoms with E-state index in [9.17, 15) is 0 Å². The quantitative estimate of drug-likeness (QED) is 0.591. The summed E-state index contributed by atoms with van der Waals surface area (Å²) in [7, 11) is 0. The summed E-state index contributed by atoms with van der Waals surface area (Å²) >= 11 is 0. The lowest BCUT2D eigenvalue weighted by atomic mass is 9.58. The van der Waals surface area contributed by atoms with Gasteiger partial charge in [-0.25, -0.2) is 0 Å². The van der Waals surface area contributed by atoms with Crippen LogP contribution < -0.4 is 0 Å². The third-order valence-electron chi connectivity index (χ3n) is 3.43. The predicted molar refractivity (Wildman–Crippen MR) is 54.4 cm³/mol. The molecule has 2 fully saturated rings. The van der Waals surface area contributed by atoms with Crippen LogP contribution in [0.5, 0.6) is 0 Å². The van der Waals surface area contributed by atoms with Gasteiger partial charge in [-0.2, -0.15) is 0 Å². The van der Waals surface area contributed by atoms with Gasteiger partial charge in [-0.05, 0) is 37.5 Å². The lowest BCUT2D eigenvalue weighted by Gasteiger charge is -2.45. The van der Waals surface area contributed by atoms with Crippen LogP contribution in [-0.2, 0) is 4.74 Å². The van der Waals surface area contributed by atoms with Crippen molar-refractivity contribution in [1.82, 2.24) is 0 Å². The van der Waals surface area contributed by atoms with Gasteiger partial charge >= 0.3 is 0 Å². The monoisotopic (exact) mass is 178 g/mol. The smallest absolute Gasteiger partial charge is 0.0504 e. The second-order valence-electron chi connectivity index (χ2n) is 4.07. The lowest BCUT2D eigenvalue weighted by Crippen LogP contribution is -2.43. The van der Waals surface area contributed by atoms with Gasteiger partial charge in [0.25, 0.3) is 0 Å². The Balaban J connectivity index is 2.07. The minimum atomic E-state index is 0.744. The molecule has 0 aromatic carbocycles. The van der Waals surface area contributed by atoms with Gasteiger partial charge in [0.05, 0.1) is 13.2 Å². The Bertz CT molecular complexity index is 205. The molecule has 1 saturated carbocycles. The van der Waals surface area contributed by atoms with Crippen molar-refractivity contribution in [3.8, 4) is 0 Å². The van der Waals surface area contributed by atoms with E-state index >= 15 is 0 Å². The summed E-state index contributed by atoms with van der Waals surface area (Å²) in [5.41, 5.74) is 0. The van der Waals surface area contributed by atoms with E-state index in [2.05, 4.69) is 38.2 Å². The molecule has 1 saturated heterocycles. The average molecular weight is 178 g/mol. The molecule has 0 radical (unpaired) electrons. The van der Waals surface area contributed by atoms with Gasteiger partial charge in [0, 0.05) is 0 Å². The van der Waals surface area contributed by atoms with Gasteiger partial charge in [-0.3, -0.25) is 0 Å². The molecule has 0 aromatic rings. The fourth-order valence-electron chi connectivity index (χ4n) is 2.79. The Labute approximate surface area is 80.5 Å². The van der Waals surface area contributed by atoms with Gasteiger partial charge in [-0.15, -0.1) is 0 Å². The topological polar surface area (TPSA) is 9.23 Å². The van der Waals surface area contributed by atoms with Gasteiger partial charge in [0.1, 0.15) is 0 Å². The minimum absolute atomic E-state index is 0.744. The molecule has 0 spiro atoms. The van der Waals surface area contributed by atoms with Gasteiger partial charge in [0.15, 0.2) is 0 Å². The predicted octanol–water partition coefficient (Wildman–Crippen LogP) is 2.65. The molecule has 4 atom stereocenters. The molecule has 1 nitrogen and oxygen atoms in total. The van der Waals surface area contributed by atoms with Crippen molar-refractivity contribution in [3.05, 3.63) is 24.3 Å². The van der Waals surface area contributed by atoms with Crippen molar-refractivity contribution < 1.29 is 4.74 Å². The third-order valence-corrected chi connectivity index (χ3v) is 3.43. The number of rotatable bonds is 2. The van der Waals surface area contributed by atoms with Crippen molar-refractivity contribution in [2.45, 2.75) is 13.8 Å². The lowest BCUT2D eigenvalue weighted by molar-refractivity contribution is 0.0924. The Morgan fingerprint density at radius 3 is 1.77 bits per heavy atom. The van der Waals surface area contributed by atoms with Crippen molar-refractivity contribution in [3.63, 3.8) is 0 Å². The van der Waals surface area contributed by atoms with E-state index in [-0.39, 0.29) is 0 Å². The maximum Gasteiger partial charge on any atom is 0.0504 e. The first-order valence-corrected chi connectivity index (χ1v) is 5.22. The Morgan fingerprint density at radius 2 is 1.38 bits per heavy atom. The number of hydrogen-bond donors (Lipinski definition) is 0. The SMILES string of the molecule is C/C=C/[C@@H]1[C@H](/C=C/C)[C@H]2COC[C@@H]12. The first kappa shape index (κ1) is 9.01. The highest BCUT2D eigenvalue weighted by molar-refractivity contribution is 5.13. The van der Waals surface area contributed by atoms with Crippen LogP contribution in [0.2, 0.25) is 0 Å². The highest BCUT2D eigenvalue weighted by Crippen LogP contribution is 2.51. The van der Waals surface area contributed by atoms with Gasteiger partial charge in [-0.1, -0.05) is 24.3 Å². The normalized spacial score (nSPS) is 44.2. The molecule has 13 heavy (non-hydrogen) atoms. The van der Waals surface area contributed by atoms with Crippen LogP contribution in [0.25, 0.3) is 0 Å². The van der Waals surface area contributed by atoms with E-state index in [0.29, 0.717) is 0 Å². The number of fused-ring (bicyclic) bond motifs is 1. The molecular formula is C12H18O. The van der Waals surface area contributed by atoms with Crippen LogP contribution in [0.4, 0.5) is 0 Å². The molecule has 0 unspecified atom stereocenters. The first-order valence-electron chi connectivity index (χ1n) is 5.22. The average Bonchev–Trinajstić information content (AvgIpc) is 2.55. The summed E-state index contributed by atoms with van der Waals surface area (Å²) in [6.45, 7) is 6.17. The van der Waals surface area contributed by atoms with E-state index in [0.717, 1.165) is 36.9 Å². The second kappa shape index (κ2) is 3.67. The fraction of sp³-hybridized carbons (Fsp3) is 0.667. The zero-order chi connectivity index (χ0) is 9.26. The summed E-state index contributed by atoms with van der Waals surface area (Å²) in [5.74, 6) is 3.09. The standard InChI is InChI=1S/C12H18O/c1-3-5-9-10(6-4-2)12-8-13-7-11(9)12/h3-6,9-12H,7-8H2,1-2H3/b5-3+,6-4+/t9-,10+,11+,12-.